The smallest absolute Gasteiger partial charge is 0.194 e. The zero-order valence-corrected chi connectivity index (χ0v) is 30.4. The van der Waals surface area contributed by atoms with E-state index in [1.807, 2.05) is 78.3 Å². The second-order valence-electron chi connectivity index (χ2n) is 13.8. The van der Waals surface area contributed by atoms with Gasteiger partial charge in [-0.15, -0.1) is 11.3 Å². The average molecular weight is 727 g/mol. The maximum Gasteiger partial charge on any atom is 0.194 e. The number of thiazole rings is 1. The van der Waals surface area contributed by atoms with Crippen LogP contribution in [0.3, 0.4) is 0 Å². The molecule has 0 spiro atoms. The molecule has 0 N–H and O–H groups in total. The number of aromatic nitrogens is 2. The largest absolute Gasteiger partial charge is 0.488 e. The summed E-state index contributed by atoms with van der Waals surface area (Å²) in [6, 6.07) is 52.2. The van der Waals surface area contributed by atoms with Crippen LogP contribution in [0.5, 0.6) is 23.0 Å². The first-order chi connectivity index (χ1) is 26.8. The highest BCUT2D eigenvalue weighted by Crippen LogP contribution is 2.45. The van der Waals surface area contributed by atoms with Gasteiger partial charge in [0.25, 0.3) is 0 Å². The monoisotopic (exact) mass is 726 g/mol. The van der Waals surface area contributed by atoms with Crippen LogP contribution in [0.2, 0.25) is 0 Å². The lowest BCUT2D eigenvalue weighted by molar-refractivity contribution is 0.0411. The highest BCUT2D eigenvalue weighted by molar-refractivity contribution is 7.12. The van der Waals surface area contributed by atoms with Crippen LogP contribution < -0.4 is 24.0 Å². The second kappa shape index (κ2) is 14.0. The maximum absolute atomic E-state index is 6.81. The second-order valence-corrected chi connectivity index (χ2v) is 14.7. The van der Waals surface area contributed by atoms with E-state index in [2.05, 4.69) is 104 Å². The molecule has 266 valence electrons. The molecule has 2 atom stereocenters. The van der Waals surface area contributed by atoms with Gasteiger partial charge in [-0.1, -0.05) is 72.8 Å². The number of fused-ring (bicyclic) bond motifs is 4. The molecule has 0 amide bonds. The van der Waals surface area contributed by atoms with Crippen molar-refractivity contribution in [3.8, 4) is 28.1 Å². The Morgan fingerprint density at radius 2 is 1.22 bits per heavy atom. The van der Waals surface area contributed by atoms with Gasteiger partial charge in [0.2, 0.25) is 0 Å². The summed E-state index contributed by atoms with van der Waals surface area (Å²) in [5.74, 6) is 3.31. The number of benzene rings is 6. The minimum atomic E-state index is -0.0626. The van der Waals surface area contributed by atoms with Crippen molar-refractivity contribution in [3.05, 3.63) is 163 Å². The van der Waals surface area contributed by atoms with Crippen LogP contribution in [0.4, 0.5) is 17.1 Å². The fourth-order valence-corrected chi connectivity index (χ4v) is 8.89. The Morgan fingerprint density at radius 1 is 0.574 bits per heavy atom. The molecule has 0 saturated heterocycles. The molecule has 0 bridgehead atoms. The summed E-state index contributed by atoms with van der Waals surface area (Å²) < 4.78 is 22.5. The molecule has 2 aromatic heterocycles. The molecule has 0 radical (unpaired) electrons. The number of ether oxygens (including phenoxy) is 3. The highest BCUT2D eigenvalue weighted by atomic mass is 32.1. The van der Waals surface area contributed by atoms with Crippen LogP contribution in [-0.4, -0.2) is 34.5 Å². The van der Waals surface area contributed by atoms with E-state index in [4.69, 9.17) is 14.2 Å². The van der Waals surface area contributed by atoms with Gasteiger partial charge in [-0.05, 0) is 86.0 Å². The van der Waals surface area contributed by atoms with Crippen LogP contribution in [0.25, 0.3) is 26.9 Å². The normalized spacial score (nSPS) is 18.2. The molecule has 1 aliphatic heterocycles. The number of rotatable bonds is 9. The predicted molar refractivity (Wildman–Crippen MR) is 218 cm³/mol. The number of hydrogen-bond acceptors (Lipinski definition) is 7. The molecule has 10 rings (SSSR count). The third kappa shape index (κ3) is 5.98. The lowest BCUT2D eigenvalue weighted by atomic mass is 9.88. The number of hydrogen-bond donors (Lipinski definition) is 0. The van der Waals surface area contributed by atoms with E-state index in [0.29, 0.717) is 6.67 Å². The van der Waals surface area contributed by atoms with Crippen molar-refractivity contribution in [2.24, 2.45) is 0 Å². The minimum Gasteiger partial charge on any atom is -0.488 e. The van der Waals surface area contributed by atoms with Gasteiger partial charge in [0.1, 0.15) is 41.2 Å². The topological polar surface area (TPSA) is 52.0 Å². The molecule has 6 aromatic carbocycles. The third-order valence-electron chi connectivity index (χ3n) is 10.6. The van der Waals surface area contributed by atoms with Crippen molar-refractivity contribution < 1.29 is 14.2 Å². The number of nitrogens with zero attached hydrogens (tertiary/aromatic N) is 4. The molecular formula is C46H38N4O3S. The molecule has 7 nitrogen and oxygen atoms in total. The molecular weight excluding hydrogens is 689 g/mol. The van der Waals surface area contributed by atoms with E-state index >= 15 is 0 Å². The van der Waals surface area contributed by atoms with Crippen LogP contribution in [0, 0.1) is 0 Å². The van der Waals surface area contributed by atoms with Gasteiger partial charge in [0.15, 0.2) is 5.13 Å². The summed E-state index contributed by atoms with van der Waals surface area (Å²) in [5, 5.41) is 5.31. The molecule has 2 aliphatic rings. The third-order valence-corrected chi connectivity index (χ3v) is 11.3. The molecule has 1 saturated carbocycles. The Morgan fingerprint density at radius 3 is 1.96 bits per heavy atom. The molecule has 54 heavy (non-hydrogen) atoms. The standard InChI is InChI=1S/C46H38N4O3S/c1-3-14-33(15-4-1)52-43-23-12-24-44(53-34-16-5-2-6-17-34)45(43)49-31-48(40-21-9-10-22-41(40)49)32-13-11-18-35(29-32)51-36-25-26-38-37-19-7-8-20-39(37)50(42(38)30-36)46-47-27-28-54-46/h1-11,13-22,25-30,43-45H,12,23-24,31H2. The fraction of sp³-hybridized carbons (Fsp3) is 0.152. The molecule has 8 heteroatoms. The van der Waals surface area contributed by atoms with Crippen molar-refractivity contribution in [2.75, 3.05) is 16.5 Å². The van der Waals surface area contributed by atoms with Gasteiger partial charge in [0, 0.05) is 40.2 Å². The van der Waals surface area contributed by atoms with Crippen molar-refractivity contribution >= 4 is 50.2 Å². The Bertz CT molecular complexity index is 2490. The first kappa shape index (κ1) is 32.4. The lowest BCUT2D eigenvalue weighted by Crippen LogP contribution is -2.57. The zero-order valence-electron chi connectivity index (χ0n) is 29.6. The van der Waals surface area contributed by atoms with Crippen LogP contribution in [0.1, 0.15) is 19.3 Å². The van der Waals surface area contributed by atoms with Crippen LogP contribution >= 0.6 is 11.3 Å². The SMILES string of the molecule is c1ccc(OC2CCCC(Oc3ccccc3)C2N2CN(c3cccc(Oc4ccc5c6ccccc6n(-c6nccs6)c5c4)c3)c3ccccc32)cc1. The lowest BCUT2D eigenvalue weighted by Gasteiger charge is -2.43. The Labute approximate surface area is 318 Å². The summed E-state index contributed by atoms with van der Waals surface area (Å²) in [4.78, 5) is 9.52. The quantitative estimate of drug-likeness (QED) is 0.148. The summed E-state index contributed by atoms with van der Waals surface area (Å²) in [5.41, 5.74) is 5.56. The van der Waals surface area contributed by atoms with Crippen molar-refractivity contribution in [1.82, 2.24) is 9.55 Å². The maximum atomic E-state index is 6.81. The number of para-hydroxylation sites is 5. The Hall–Kier alpha value is -6.25. The molecule has 1 fully saturated rings. The van der Waals surface area contributed by atoms with E-state index in [9.17, 15) is 0 Å². The van der Waals surface area contributed by atoms with Gasteiger partial charge >= 0.3 is 0 Å². The molecule has 2 unspecified atom stereocenters. The first-order valence-corrected chi connectivity index (χ1v) is 19.4. The van der Waals surface area contributed by atoms with Crippen molar-refractivity contribution in [3.63, 3.8) is 0 Å². The number of anilines is 3. The molecule has 3 heterocycles. The highest BCUT2D eigenvalue weighted by Gasteiger charge is 2.44. The zero-order chi connectivity index (χ0) is 35.8. The van der Waals surface area contributed by atoms with E-state index < -0.39 is 0 Å². The van der Waals surface area contributed by atoms with Gasteiger partial charge in [-0.3, -0.25) is 4.57 Å². The minimum absolute atomic E-state index is 0.0268. The Kier molecular flexibility index (Phi) is 8.37. The van der Waals surface area contributed by atoms with Crippen LogP contribution in [0.15, 0.2) is 163 Å². The van der Waals surface area contributed by atoms with Crippen molar-refractivity contribution in [2.45, 2.75) is 37.5 Å². The molecule has 8 aromatic rings. The van der Waals surface area contributed by atoms with E-state index in [-0.39, 0.29) is 18.2 Å². The van der Waals surface area contributed by atoms with Gasteiger partial charge in [0.05, 0.1) is 29.1 Å². The fourth-order valence-electron chi connectivity index (χ4n) is 8.22. The first-order valence-electron chi connectivity index (χ1n) is 18.5. The van der Waals surface area contributed by atoms with Crippen LogP contribution in [-0.2, 0) is 0 Å². The van der Waals surface area contributed by atoms with E-state index in [1.54, 1.807) is 11.3 Å². The van der Waals surface area contributed by atoms with Gasteiger partial charge in [-0.25, -0.2) is 4.98 Å². The average Bonchev–Trinajstić information content (AvgIpc) is 3.96. The summed E-state index contributed by atoms with van der Waals surface area (Å²) >= 11 is 1.63. The summed E-state index contributed by atoms with van der Waals surface area (Å²) in [6.07, 6.45) is 4.65. The van der Waals surface area contributed by atoms with Gasteiger partial charge < -0.3 is 24.0 Å². The Balaban J connectivity index is 0.980. The predicted octanol–water partition coefficient (Wildman–Crippen LogP) is 11.4. The van der Waals surface area contributed by atoms with E-state index in [0.717, 1.165) is 69.8 Å². The molecule has 1 aliphatic carbocycles. The van der Waals surface area contributed by atoms with Crippen molar-refractivity contribution in [1.29, 1.82) is 0 Å². The summed E-state index contributed by atoms with van der Waals surface area (Å²) in [7, 11) is 0. The van der Waals surface area contributed by atoms with E-state index in [1.165, 1.54) is 16.5 Å². The van der Waals surface area contributed by atoms with Gasteiger partial charge in [-0.2, -0.15) is 0 Å². The summed E-state index contributed by atoms with van der Waals surface area (Å²) in [6.45, 7) is 0.649.